The third-order valence-corrected chi connectivity index (χ3v) is 4.28. The van der Waals surface area contributed by atoms with E-state index >= 15 is 0 Å². The van der Waals surface area contributed by atoms with E-state index in [1.54, 1.807) is 23.0 Å². The molecular weight excluding hydrogens is 322 g/mol. The molecule has 25 heavy (non-hydrogen) atoms. The van der Waals surface area contributed by atoms with E-state index in [0.717, 1.165) is 24.1 Å². The second-order valence-electron chi connectivity index (χ2n) is 6.29. The molecule has 1 amide bonds. The van der Waals surface area contributed by atoms with E-state index in [1.807, 2.05) is 26.1 Å². The second kappa shape index (κ2) is 6.96. The van der Waals surface area contributed by atoms with Crippen LogP contribution in [0.3, 0.4) is 0 Å². The molecule has 1 saturated carbocycles. The molecule has 0 saturated heterocycles. The molecule has 7 heteroatoms. The summed E-state index contributed by atoms with van der Waals surface area (Å²) in [5.74, 6) is -0.233. The highest BCUT2D eigenvalue weighted by atomic mass is 16.5. The average Bonchev–Trinajstić information content (AvgIpc) is 3.35. The molecule has 1 atom stereocenters. The topological polar surface area (TPSA) is 93.5 Å². The van der Waals surface area contributed by atoms with Crippen molar-refractivity contribution in [3.63, 3.8) is 0 Å². The molecule has 1 heterocycles. The minimum Gasteiger partial charge on any atom is -0.482 e. The molecule has 1 aromatic carbocycles. The summed E-state index contributed by atoms with van der Waals surface area (Å²) in [7, 11) is 1.86. The first-order chi connectivity index (χ1) is 12.0. The molecule has 2 aromatic rings. The SMILES string of the molecule is CC(NC(=O)c1cnn(C)c1C1CC1)c1ccc(OCC(=O)O)cc1. The third kappa shape index (κ3) is 3.99. The van der Waals surface area contributed by atoms with E-state index in [9.17, 15) is 9.59 Å². The van der Waals surface area contributed by atoms with Crippen molar-refractivity contribution in [3.05, 3.63) is 47.3 Å². The van der Waals surface area contributed by atoms with Crippen LogP contribution in [0.2, 0.25) is 0 Å². The number of carbonyl (C=O) groups is 2. The van der Waals surface area contributed by atoms with Gasteiger partial charge in [-0.15, -0.1) is 0 Å². The summed E-state index contributed by atoms with van der Waals surface area (Å²) in [5, 5.41) is 15.8. The van der Waals surface area contributed by atoms with Crippen molar-refractivity contribution in [2.24, 2.45) is 7.05 Å². The smallest absolute Gasteiger partial charge is 0.341 e. The fourth-order valence-electron chi connectivity index (χ4n) is 2.82. The molecule has 1 fully saturated rings. The molecule has 3 rings (SSSR count). The summed E-state index contributed by atoms with van der Waals surface area (Å²) in [6.07, 6.45) is 3.83. The van der Waals surface area contributed by atoms with Crippen LogP contribution in [-0.2, 0) is 11.8 Å². The highest BCUT2D eigenvalue weighted by molar-refractivity contribution is 5.95. The van der Waals surface area contributed by atoms with E-state index in [4.69, 9.17) is 9.84 Å². The Hall–Kier alpha value is -2.83. The minimum absolute atomic E-state index is 0.131. The number of carboxylic acids is 1. The highest BCUT2D eigenvalue weighted by Gasteiger charge is 2.31. The Morgan fingerprint density at radius 3 is 2.64 bits per heavy atom. The van der Waals surface area contributed by atoms with Crippen molar-refractivity contribution in [2.75, 3.05) is 6.61 Å². The molecular formula is C18H21N3O4. The zero-order chi connectivity index (χ0) is 18.0. The minimum atomic E-state index is -1.02. The van der Waals surface area contributed by atoms with Crippen LogP contribution >= 0.6 is 0 Å². The molecule has 1 aliphatic rings. The van der Waals surface area contributed by atoms with E-state index in [1.165, 1.54) is 0 Å². The lowest BCUT2D eigenvalue weighted by molar-refractivity contribution is -0.139. The summed E-state index contributed by atoms with van der Waals surface area (Å²) < 4.78 is 6.89. The predicted octanol–water partition coefficient (Wildman–Crippen LogP) is 2.25. The van der Waals surface area contributed by atoms with Gasteiger partial charge in [-0.2, -0.15) is 5.10 Å². The van der Waals surface area contributed by atoms with Crippen LogP contribution in [0.4, 0.5) is 0 Å². The Morgan fingerprint density at radius 2 is 2.04 bits per heavy atom. The number of aryl methyl sites for hydroxylation is 1. The quantitative estimate of drug-likeness (QED) is 0.804. The van der Waals surface area contributed by atoms with Gasteiger partial charge in [-0.25, -0.2) is 4.79 Å². The van der Waals surface area contributed by atoms with Crippen molar-refractivity contribution >= 4 is 11.9 Å². The van der Waals surface area contributed by atoms with Gasteiger partial charge in [0.15, 0.2) is 6.61 Å². The molecule has 1 unspecified atom stereocenters. The lowest BCUT2D eigenvalue weighted by Crippen LogP contribution is -2.27. The van der Waals surface area contributed by atoms with E-state index in [0.29, 0.717) is 17.2 Å². The Labute approximate surface area is 145 Å². The van der Waals surface area contributed by atoms with Crippen molar-refractivity contribution in [1.82, 2.24) is 15.1 Å². The van der Waals surface area contributed by atoms with Crippen molar-refractivity contribution in [2.45, 2.75) is 31.7 Å². The number of aliphatic carboxylic acids is 1. The number of carbonyl (C=O) groups excluding carboxylic acids is 1. The zero-order valence-corrected chi connectivity index (χ0v) is 14.2. The maximum Gasteiger partial charge on any atom is 0.341 e. The average molecular weight is 343 g/mol. The van der Waals surface area contributed by atoms with Crippen LogP contribution in [0.5, 0.6) is 5.75 Å². The molecule has 132 valence electrons. The van der Waals surface area contributed by atoms with Crippen LogP contribution in [0.25, 0.3) is 0 Å². The summed E-state index contributed by atoms with van der Waals surface area (Å²) in [4.78, 5) is 23.1. The van der Waals surface area contributed by atoms with Crippen LogP contribution in [-0.4, -0.2) is 33.4 Å². The van der Waals surface area contributed by atoms with Gasteiger partial charge in [0.05, 0.1) is 23.5 Å². The van der Waals surface area contributed by atoms with Crippen molar-refractivity contribution in [3.8, 4) is 5.75 Å². The van der Waals surface area contributed by atoms with Gasteiger partial charge in [0, 0.05) is 13.0 Å². The lowest BCUT2D eigenvalue weighted by Gasteiger charge is -2.15. The Kier molecular flexibility index (Phi) is 4.74. The normalized spacial score (nSPS) is 14.8. The molecule has 0 bridgehead atoms. The van der Waals surface area contributed by atoms with Crippen LogP contribution in [0, 0.1) is 0 Å². The molecule has 0 aliphatic heterocycles. The first-order valence-corrected chi connectivity index (χ1v) is 8.23. The van der Waals surface area contributed by atoms with Crippen LogP contribution in [0.15, 0.2) is 30.5 Å². The zero-order valence-electron chi connectivity index (χ0n) is 14.2. The number of nitrogens with one attached hydrogen (secondary N) is 1. The van der Waals surface area contributed by atoms with E-state index in [-0.39, 0.29) is 18.6 Å². The summed E-state index contributed by atoms with van der Waals surface area (Å²) >= 11 is 0. The second-order valence-corrected chi connectivity index (χ2v) is 6.29. The number of hydrogen-bond acceptors (Lipinski definition) is 4. The molecule has 2 N–H and O–H groups in total. The monoisotopic (exact) mass is 343 g/mol. The molecule has 1 aliphatic carbocycles. The summed E-state index contributed by atoms with van der Waals surface area (Å²) in [5.41, 5.74) is 2.55. The maximum absolute atomic E-state index is 12.6. The standard InChI is InChI=1S/C18H21N3O4/c1-11(12-5-7-14(8-6-12)25-10-16(22)23)20-18(24)15-9-19-21(2)17(15)13-3-4-13/h5-9,11,13H,3-4,10H2,1-2H3,(H,20,24)(H,22,23). The van der Waals surface area contributed by atoms with Crippen LogP contribution < -0.4 is 10.1 Å². The Morgan fingerprint density at radius 1 is 1.36 bits per heavy atom. The van der Waals surface area contributed by atoms with Gasteiger partial charge >= 0.3 is 5.97 Å². The van der Waals surface area contributed by atoms with Gasteiger partial charge in [0.25, 0.3) is 5.91 Å². The number of aromatic nitrogens is 2. The van der Waals surface area contributed by atoms with Crippen molar-refractivity contribution in [1.29, 1.82) is 0 Å². The highest BCUT2D eigenvalue weighted by Crippen LogP contribution is 2.41. The van der Waals surface area contributed by atoms with Gasteiger partial charge in [0.1, 0.15) is 5.75 Å². The number of hydrogen-bond donors (Lipinski definition) is 2. The summed E-state index contributed by atoms with van der Waals surface area (Å²) in [6, 6.07) is 6.83. The van der Waals surface area contributed by atoms with Gasteiger partial charge in [-0.05, 0) is 37.5 Å². The summed E-state index contributed by atoms with van der Waals surface area (Å²) in [6.45, 7) is 1.52. The molecule has 0 spiro atoms. The first kappa shape index (κ1) is 17.0. The lowest BCUT2D eigenvalue weighted by atomic mass is 10.1. The third-order valence-electron chi connectivity index (χ3n) is 4.28. The number of ether oxygens (including phenoxy) is 1. The molecule has 0 radical (unpaired) electrons. The fourth-order valence-corrected chi connectivity index (χ4v) is 2.82. The van der Waals surface area contributed by atoms with Crippen molar-refractivity contribution < 1.29 is 19.4 Å². The van der Waals surface area contributed by atoms with Gasteiger partial charge < -0.3 is 15.2 Å². The fraction of sp³-hybridized carbons (Fsp3) is 0.389. The van der Waals surface area contributed by atoms with Gasteiger partial charge in [-0.3, -0.25) is 9.48 Å². The predicted molar refractivity (Wildman–Crippen MR) is 90.6 cm³/mol. The van der Waals surface area contributed by atoms with E-state index in [2.05, 4.69) is 10.4 Å². The molecule has 1 aromatic heterocycles. The Balaban J connectivity index is 1.64. The number of amides is 1. The Bertz CT molecular complexity index is 778. The first-order valence-electron chi connectivity index (χ1n) is 8.23. The number of rotatable bonds is 7. The molecule has 7 nitrogen and oxygen atoms in total. The largest absolute Gasteiger partial charge is 0.482 e. The van der Waals surface area contributed by atoms with Gasteiger partial charge in [-0.1, -0.05) is 12.1 Å². The van der Waals surface area contributed by atoms with Gasteiger partial charge in [0.2, 0.25) is 0 Å². The number of nitrogens with zero attached hydrogens (tertiary/aromatic N) is 2. The maximum atomic E-state index is 12.6. The number of benzene rings is 1. The number of carboxylic acid groups (broad SMARTS) is 1. The van der Waals surface area contributed by atoms with Crippen LogP contribution in [0.1, 0.15) is 53.3 Å². The van der Waals surface area contributed by atoms with E-state index < -0.39 is 5.97 Å².